The van der Waals surface area contributed by atoms with Gasteiger partial charge in [-0.3, -0.25) is 38.8 Å². The van der Waals surface area contributed by atoms with Crippen LogP contribution in [0.5, 0.6) is 0 Å². The lowest BCUT2D eigenvalue weighted by molar-refractivity contribution is -0.127. The minimum Gasteiger partial charge on any atom is -0.300 e. The van der Waals surface area contributed by atoms with Gasteiger partial charge in [-0.25, -0.2) is 0 Å². The van der Waals surface area contributed by atoms with Gasteiger partial charge in [0.25, 0.3) is 0 Å². The van der Waals surface area contributed by atoms with Gasteiger partial charge in [-0.05, 0) is 11.1 Å². The molecule has 5 rings (SSSR count). The maximum Gasteiger partial charge on any atom is 0.135 e. The lowest BCUT2D eigenvalue weighted by Crippen LogP contribution is -2.51. The Morgan fingerprint density at radius 2 is 0.639 bits per heavy atom. The number of nitrogens with zero attached hydrogens (tertiary/aromatic N) is 4. The van der Waals surface area contributed by atoms with E-state index in [9.17, 15) is 19.2 Å². The van der Waals surface area contributed by atoms with Crippen molar-refractivity contribution in [3.63, 3.8) is 0 Å². The highest BCUT2D eigenvalue weighted by Crippen LogP contribution is 2.38. The van der Waals surface area contributed by atoms with Crippen LogP contribution in [0.2, 0.25) is 0 Å². The standard InChI is InChI=1S/C28H38N4O4/c33-21-5-13-29(14-6-21)27(30-15-7-22(34)8-16-30)25-3-1-2-4-26(25)28(31-17-9-23(35)10-18-31)32-19-11-24(36)12-20-32/h1-4,27-28H,5-20H2. The average molecular weight is 495 g/mol. The van der Waals surface area contributed by atoms with Crippen LogP contribution in [-0.4, -0.2) is 95.1 Å². The van der Waals surface area contributed by atoms with E-state index in [0.717, 1.165) is 52.4 Å². The van der Waals surface area contributed by atoms with E-state index in [1.807, 2.05) is 0 Å². The molecule has 194 valence electrons. The zero-order valence-electron chi connectivity index (χ0n) is 21.2. The summed E-state index contributed by atoms with van der Waals surface area (Å²) >= 11 is 0. The predicted molar refractivity (Wildman–Crippen MR) is 135 cm³/mol. The molecular weight excluding hydrogens is 456 g/mol. The molecule has 36 heavy (non-hydrogen) atoms. The van der Waals surface area contributed by atoms with E-state index in [1.54, 1.807) is 0 Å². The number of rotatable bonds is 6. The maximum absolute atomic E-state index is 12.1. The molecule has 1 aromatic rings. The Morgan fingerprint density at radius 1 is 0.417 bits per heavy atom. The summed E-state index contributed by atoms with van der Waals surface area (Å²) in [5.74, 6) is 1.28. The summed E-state index contributed by atoms with van der Waals surface area (Å²) in [5.41, 5.74) is 2.44. The van der Waals surface area contributed by atoms with Crippen molar-refractivity contribution in [3.8, 4) is 0 Å². The Labute approximate surface area is 213 Å². The molecule has 0 N–H and O–H groups in total. The highest BCUT2D eigenvalue weighted by Gasteiger charge is 2.38. The van der Waals surface area contributed by atoms with Crippen LogP contribution in [-0.2, 0) is 19.2 Å². The molecule has 0 bridgehead atoms. The van der Waals surface area contributed by atoms with Gasteiger partial charge in [-0.2, -0.15) is 0 Å². The van der Waals surface area contributed by atoms with Crippen molar-refractivity contribution in [2.75, 3.05) is 52.4 Å². The van der Waals surface area contributed by atoms with Gasteiger partial charge in [-0.1, -0.05) is 24.3 Å². The van der Waals surface area contributed by atoms with Crippen LogP contribution in [0.3, 0.4) is 0 Å². The van der Waals surface area contributed by atoms with Crippen LogP contribution in [0.4, 0.5) is 0 Å². The van der Waals surface area contributed by atoms with Crippen molar-refractivity contribution in [3.05, 3.63) is 35.4 Å². The second-order valence-corrected chi connectivity index (χ2v) is 10.7. The fourth-order valence-electron chi connectivity index (χ4n) is 6.30. The number of hydrogen-bond acceptors (Lipinski definition) is 8. The van der Waals surface area contributed by atoms with Crippen LogP contribution in [0.1, 0.15) is 74.8 Å². The zero-order chi connectivity index (χ0) is 25.1. The number of hydrogen-bond donors (Lipinski definition) is 0. The van der Waals surface area contributed by atoms with E-state index in [0.29, 0.717) is 74.5 Å². The topological polar surface area (TPSA) is 81.2 Å². The first-order valence-corrected chi connectivity index (χ1v) is 13.6. The molecule has 8 nitrogen and oxygen atoms in total. The number of piperidine rings is 4. The highest BCUT2D eigenvalue weighted by atomic mass is 16.1. The van der Waals surface area contributed by atoms with Crippen molar-refractivity contribution in [2.24, 2.45) is 0 Å². The third-order valence-electron chi connectivity index (χ3n) is 8.36. The second kappa shape index (κ2) is 11.4. The Hall–Kier alpha value is -2.26. The monoisotopic (exact) mass is 494 g/mol. The fraction of sp³-hybridized carbons (Fsp3) is 0.643. The molecule has 0 aliphatic carbocycles. The smallest absolute Gasteiger partial charge is 0.135 e. The minimum absolute atomic E-state index is 0.00254. The fourth-order valence-corrected chi connectivity index (χ4v) is 6.30. The normalized spacial score (nSPS) is 24.3. The van der Waals surface area contributed by atoms with Crippen LogP contribution in [0.25, 0.3) is 0 Å². The van der Waals surface area contributed by atoms with Crippen molar-refractivity contribution < 1.29 is 19.2 Å². The molecule has 0 spiro atoms. The van der Waals surface area contributed by atoms with Gasteiger partial charge in [0.1, 0.15) is 23.1 Å². The van der Waals surface area contributed by atoms with E-state index < -0.39 is 0 Å². The van der Waals surface area contributed by atoms with Gasteiger partial charge < -0.3 is 0 Å². The van der Waals surface area contributed by atoms with Crippen molar-refractivity contribution >= 4 is 23.1 Å². The van der Waals surface area contributed by atoms with Gasteiger partial charge in [0.2, 0.25) is 0 Å². The minimum atomic E-state index is 0.00254. The number of carbonyl (C=O) groups excluding carboxylic acids is 4. The molecule has 0 unspecified atom stereocenters. The van der Waals surface area contributed by atoms with Crippen LogP contribution in [0, 0.1) is 0 Å². The van der Waals surface area contributed by atoms with Crippen LogP contribution < -0.4 is 0 Å². The Bertz CT molecular complexity index is 836. The summed E-state index contributed by atoms with van der Waals surface area (Å²) in [6.45, 7) is 5.80. The Balaban J connectivity index is 1.52. The molecule has 4 heterocycles. The average Bonchev–Trinajstić information content (AvgIpc) is 2.90. The number of Topliss-reactive ketones (excluding diaryl/α,β-unsaturated/α-hetero) is 4. The summed E-state index contributed by atoms with van der Waals surface area (Å²) in [7, 11) is 0. The quantitative estimate of drug-likeness (QED) is 0.596. The molecule has 0 radical (unpaired) electrons. The van der Waals surface area contributed by atoms with Crippen molar-refractivity contribution in [1.82, 2.24) is 19.6 Å². The van der Waals surface area contributed by atoms with Gasteiger partial charge in [0.15, 0.2) is 0 Å². The molecule has 0 aromatic heterocycles. The molecule has 1 aromatic carbocycles. The molecule has 4 fully saturated rings. The second-order valence-electron chi connectivity index (χ2n) is 10.7. The Morgan fingerprint density at radius 3 is 0.861 bits per heavy atom. The lowest BCUT2D eigenvalue weighted by Gasteiger charge is -2.47. The van der Waals surface area contributed by atoms with Crippen LogP contribution >= 0.6 is 0 Å². The third kappa shape index (κ3) is 5.67. The zero-order valence-corrected chi connectivity index (χ0v) is 21.2. The Kier molecular flexibility index (Phi) is 8.06. The first-order chi connectivity index (χ1) is 17.5. The molecule has 4 aliphatic heterocycles. The predicted octanol–water partition coefficient (Wildman–Crippen LogP) is 2.34. The van der Waals surface area contributed by atoms with E-state index >= 15 is 0 Å². The summed E-state index contributed by atoms with van der Waals surface area (Å²) in [4.78, 5) is 58.0. The molecule has 0 atom stereocenters. The van der Waals surface area contributed by atoms with E-state index in [-0.39, 0.29) is 12.3 Å². The van der Waals surface area contributed by atoms with Crippen molar-refractivity contribution in [1.29, 1.82) is 0 Å². The van der Waals surface area contributed by atoms with Crippen LogP contribution in [0.15, 0.2) is 24.3 Å². The summed E-state index contributed by atoms with van der Waals surface area (Å²) < 4.78 is 0. The van der Waals surface area contributed by atoms with E-state index in [1.165, 1.54) is 11.1 Å². The van der Waals surface area contributed by atoms with E-state index in [2.05, 4.69) is 43.9 Å². The molecule has 8 heteroatoms. The third-order valence-corrected chi connectivity index (χ3v) is 8.36. The number of carbonyl (C=O) groups is 4. The summed E-state index contributed by atoms with van der Waals surface area (Å²) in [5, 5.41) is 0. The van der Waals surface area contributed by atoms with Gasteiger partial charge in [0, 0.05) is 104 Å². The van der Waals surface area contributed by atoms with Gasteiger partial charge in [0.05, 0.1) is 12.3 Å². The highest BCUT2D eigenvalue weighted by molar-refractivity contribution is 5.80. The molecule has 0 amide bonds. The maximum atomic E-state index is 12.1. The van der Waals surface area contributed by atoms with Gasteiger partial charge in [-0.15, -0.1) is 0 Å². The number of likely N-dealkylation sites (tertiary alicyclic amines) is 4. The molecule has 4 saturated heterocycles. The largest absolute Gasteiger partial charge is 0.300 e. The van der Waals surface area contributed by atoms with E-state index in [4.69, 9.17) is 0 Å². The first-order valence-electron chi connectivity index (χ1n) is 13.6. The molecule has 4 aliphatic rings. The van der Waals surface area contributed by atoms with Crippen molar-refractivity contribution in [2.45, 2.75) is 63.7 Å². The SMILES string of the molecule is O=C1CCN(C(c2ccccc2C(N2CCC(=O)CC2)N2CCC(=O)CC2)N2CCC(=O)CC2)CC1. The number of ketones is 4. The summed E-state index contributed by atoms with van der Waals surface area (Å²) in [6, 6.07) is 8.60. The first kappa shape index (κ1) is 25.4. The van der Waals surface area contributed by atoms with Gasteiger partial charge >= 0.3 is 0 Å². The lowest BCUT2D eigenvalue weighted by atomic mass is 9.94. The molecule has 0 saturated carbocycles. The molecular formula is C28H38N4O4. The number of benzene rings is 1. The summed E-state index contributed by atoms with van der Waals surface area (Å²) in [6.07, 6.45) is 4.54.